The Morgan fingerprint density at radius 1 is 1.02 bits per heavy atom. The van der Waals surface area contributed by atoms with E-state index in [1.54, 1.807) is 32.9 Å². The van der Waals surface area contributed by atoms with Crippen molar-refractivity contribution in [1.29, 1.82) is 0 Å². The van der Waals surface area contributed by atoms with Gasteiger partial charge in [0.15, 0.2) is 0 Å². The molecule has 4 amide bonds. The first-order valence-corrected chi connectivity index (χ1v) is 19.0. The maximum Gasteiger partial charge on any atom is 0.408 e. The van der Waals surface area contributed by atoms with E-state index in [4.69, 9.17) is 9.47 Å². The Kier molecular flexibility index (Phi) is 10.1. The molecule has 274 valence electrons. The van der Waals surface area contributed by atoms with Crippen LogP contribution < -0.4 is 15.4 Å². The number of allylic oxidation sites excluding steroid dienone is 1. The summed E-state index contributed by atoms with van der Waals surface area (Å²) in [5.41, 5.74) is -1.10. The van der Waals surface area contributed by atoms with Crippen LogP contribution in [0.15, 0.2) is 42.7 Å². The second-order valence-corrected chi connectivity index (χ2v) is 16.7. The van der Waals surface area contributed by atoms with E-state index in [0.717, 1.165) is 12.8 Å². The van der Waals surface area contributed by atoms with Gasteiger partial charge in [0.2, 0.25) is 21.8 Å². The van der Waals surface area contributed by atoms with Gasteiger partial charge < -0.3 is 25.0 Å². The number of sulfonamides is 1. The number of aromatic nitrogens is 2. The summed E-state index contributed by atoms with van der Waals surface area (Å²) in [6.45, 7) is 4.94. The summed E-state index contributed by atoms with van der Waals surface area (Å²) in [6.07, 6.45) is 9.06. The van der Waals surface area contributed by atoms with Crippen LogP contribution >= 0.6 is 0 Å². The molecule has 16 heteroatoms. The predicted molar refractivity (Wildman–Crippen MR) is 183 cm³/mol. The second kappa shape index (κ2) is 14.2. The Morgan fingerprint density at radius 3 is 2.49 bits per heavy atom. The molecule has 3 fully saturated rings. The van der Waals surface area contributed by atoms with Gasteiger partial charge in [0.1, 0.15) is 29.3 Å². The quantitative estimate of drug-likeness (QED) is 0.292. The molecule has 6 rings (SSSR count). The summed E-state index contributed by atoms with van der Waals surface area (Å²) in [4.78, 5) is 78.0. The molecular weight excluding hydrogens is 680 g/mol. The lowest BCUT2D eigenvalue weighted by atomic mass is 10.0. The number of carbonyl (C=O) groups is 5. The fraction of sp³-hybridized carbons (Fsp3) is 0.571. The number of fused-ring (bicyclic) bond motifs is 3. The van der Waals surface area contributed by atoms with E-state index in [0.29, 0.717) is 36.7 Å². The highest BCUT2D eigenvalue weighted by atomic mass is 32.2. The fourth-order valence-electron chi connectivity index (χ4n) is 6.61. The molecule has 3 N–H and O–H groups in total. The van der Waals surface area contributed by atoms with Crippen molar-refractivity contribution in [1.82, 2.24) is 30.2 Å². The molecule has 3 heterocycles. The summed E-state index contributed by atoms with van der Waals surface area (Å²) in [7, 11) is -3.91. The number of esters is 1. The lowest BCUT2D eigenvalue weighted by Gasteiger charge is -2.30. The van der Waals surface area contributed by atoms with Gasteiger partial charge in [-0.05, 0) is 77.5 Å². The molecule has 5 atom stereocenters. The van der Waals surface area contributed by atoms with Gasteiger partial charge >= 0.3 is 12.1 Å². The van der Waals surface area contributed by atoms with Crippen molar-refractivity contribution in [2.24, 2.45) is 5.92 Å². The lowest BCUT2D eigenvalue weighted by Crippen LogP contribution is -2.58. The zero-order valence-corrected chi connectivity index (χ0v) is 29.7. The highest BCUT2D eigenvalue weighted by Gasteiger charge is 2.62. The van der Waals surface area contributed by atoms with Gasteiger partial charge in [0.05, 0.1) is 28.4 Å². The molecular formula is C35H44N6O9S. The summed E-state index contributed by atoms with van der Waals surface area (Å²) in [5, 5.41) is 4.83. The third-order valence-electron chi connectivity index (χ3n) is 9.51. The molecule has 2 aliphatic carbocycles. The molecule has 1 aromatic carbocycles. The van der Waals surface area contributed by atoms with Crippen LogP contribution in [0.4, 0.5) is 4.79 Å². The van der Waals surface area contributed by atoms with E-state index in [2.05, 4.69) is 25.3 Å². The number of hydrogen-bond acceptors (Lipinski definition) is 11. The summed E-state index contributed by atoms with van der Waals surface area (Å²) >= 11 is 0. The molecule has 3 unspecified atom stereocenters. The minimum Gasteiger partial charge on any atom is -0.457 e. The molecule has 51 heavy (non-hydrogen) atoms. The van der Waals surface area contributed by atoms with Crippen LogP contribution in [-0.4, -0.2) is 94.2 Å². The number of ether oxygens (including phenoxy) is 2. The Labute approximate surface area is 296 Å². The largest absolute Gasteiger partial charge is 0.457 e. The molecule has 1 saturated heterocycles. The maximum atomic E-state index is 14.3. The van der Waals surface area contributed by atoms with E-state index in [1.165, 1.54) is 23.4 Å². The standard InChI is InChI=1S/C35H44N6O9S/c1-34(2,3)50-33(46)38-26-10-8-6-4-5-7-9-22-19-35(22,32(45)40-51(47,48)24-12-13-24)39-29(42)28-18-23(20-41(28)30(26)43)49-31(44)21-11-14-25-27(17-21)37-16-15-36-25/h7,9,11,14-17,22-24,26,28H,4-6,8,10,12-13,18-20H2,1-3H3,(H,38,46)(H,39,42)(H,40,45)/b9-7-/t22?,23-,26-,28?,35?/m1/s1. The van der Waals surface area contributed by atoms with E-state index in [9.17, 15) is 32.4 Å². The third kappa shape index (κ3) is 8.48. The SMILES string of the molecule is CC(C)(C)OC(=O)N[C@@H]1CCCCC/C=C\C2CC2(C(=O)NS(=O)(=O)C2CC2)NC(=O)C2C[C@@H](OC(=O)c3ccc4nccnc4c3)CN2C1=O. The van der Waals surface area contributed by atoms with Crippen LogP contribution in [0.5, 0.6) is 0 Å². The van der Waals surface area contributed by atoms with Crippen LogP contribution in [-0.2, 0) is 33.9 Å². The summed E-state index contributed by atoms with van der Waals surface area (Å²) < 4.78 is 38.9. The average molecular weight is 725 g/mol. The molecule has 2 aliphatic heterocycles. The maximum absolute atomic E-state index is 14.3. The van der Waals surface area contributed by atoms with Gasteiger partial charge in [-0.3, -0.25) is 29.1 Å². The first-order chi connectivity index (χ1) is 24.1. The number of amides is 4. The Balaban J connectivity index is 1.27. The Hall–Kier alpha value is -4.60. The second-order valence-electron chi connectivity index (χ2n) is 14.7. The molecule has 0 bridgehead atoms. The highest BCUT2D eigenvalue weighted by Crippen LogP contribution is 2.46. The number of hydrogen-bond donors (Lipinski definition) is 3. The monoisotopic (exact) mass is 724 g/mol. The van der Waals surface area contributed by atoms with Gasteiger partial charge in [0, 0.05) is 24.7 Å². The van der Waals surface area contributed by atoms with Crippen molar-refractivity contribution < 1.29 is 41.9 Å². The van der Waals surface area contributed by atoms with Crippen molar-refractivity contribution in [3.05, 3.63) is 48.3 Å². The van der Waals surface area contributed by atoms with Gasteiger partial charge in [-0.15, -0.1) is 0 Å². The molecule has 1 aromatic heterocycles. The van der Waals surface area contributed by atoms with Gasteiger partial charge in [-0.2, -0.15) is 0 Å². The van der Waals surface area contributed by atoms with E-state index >= 15 is 0 Å². The molecule has 2 aromatic rings. The number of carbonyl (C=O) groups excluding carboxylic acids is 5. The Bertz CT molecular complexity index is 1860. The normalized spacial score (nSPS) is 27.9. The number of rotatable bonds is 6. The number of nitrogens with one attached hydrogen (secondary N) is 3. The van der Waals surface area contributed by atoms with Crippen LogP contribution in [0.3, 0.4) is 0 Å². The topological polar surface area (TPSA) is 203 Å². The van der Waals surface area contributed by atoms with Crippen molar-refractivity contribution in [3.8, 4) is 0 Å². The molecule has 0 radical (unpaired) electrons. The van der Waals surface area contributed by atoms with Crippen molar-refractivity contribution >= 4 is 50.8 Å². The summed E-state index contributed by atoms with van der Waals surface area (Å²) in [5.74, 6) is -3.26. The van der Waals surface area contributed by atoms with Crippen molar-refractivity contribution in [2.75, 3.05) is 6.54 Å². The fourth-order valence-corrected chi connectivity index (χ4v) is 7.97. The minimum absolute atomic E-state index is 0.103. The first kappa shape index (κ1) is 36.2. The van der Waals surface area contributed by atoms with Crippen LogP contribution in [0.2, 0.25) is 0 Å². The van der Waals surface area contributed by atoms with E-state index in [-0.39, 0.29) is 31.4 Å². The van der Waals surface area contributed by atoms with E-state index < -0.39 is 80.3 Å². The number of nitrogens with zero attached hydrogens (tertiary/aromatic N) is 3. The highest BCUT2D eigenvalue weighted by molar-refractivity contribution is 7.91. The lowest BCUT2D eigenvalue weighted by molar-refractivity contribution is -0.141. The van der Waals surface area contributed by atoms with Gasteiger partial charge in [0.25, 0.3) is 5.91 Å². The minimum atomic E-state index is -3.91. The van der Waals surface area contributed by atoms with Crippen molar-refractivity contribution in [3.63, 3.8) is 0 Å². The molecule has 0 spiro atoms. The van der Waals surface area contributed by atoms with Crippen LogP contribution in [0.25, 0.3) is 11.0 Å². The number of alkyl carbamates (subject to hydrolysis) is 1. The average Bonchev–Trinajstić information content (AvgIpc) is 3.99. The molecule has 4 aliphatic rings. The summed E-state index contributed by atoms with van der Waals surface area (Å²) in [6, 6.07) is 2.46. The number of benzene rings is 1. The zero-order valence-electron chi connectivity index (χ0n) is 28.9. The molecule has 15 nitrogen and oxygen atoms in total. The van der Waals surface area contributed by atoms with Crippen molar-refractivity contribution in [2.45, 2.75) is 113 Å². The Morgan fingerprint density at radius 2 is 1.76 bits per heavy atom. The predicted octanol–water partition coefficient (Wildman–Crippen LogP) is 2.65. The van der Waals surface area contributed by atoms with E-state index in [1.807, 2.05) is 12.2 Å². The van der Waals surface area contributed by atoms with Crippen LogP contribution in [0.1, 0.15) is 88.9 Å². The zero-order chi connectivity index (χ0) is 36.6. The first-order valence-electron chi connectivity index (χ1n) is 17.4. The molecule has 2 saturated carbocycles. The van der Waals surface area contributed by atoms with Gasteiger partial charge in [-0.1, -0.05) is 25.0 Å². The third-order valence-corrected chi connectivity index (χ3v) is 11.3. The van der Waals surface area contributed by atoms with Gasteiger partial charge in [-0.25, -0.2) is 18.0 Å². The smallest absolute Gasteiger partial charge is 0.408 e. The van der Waals surface area contributed by atoms with Crippen LogP contribution in [0, 0.1) is 5.92 Å².